The number of anilines is 2. The molecule has 8 heteroatoms. The lowest BCUT2D eigenvalue weighted by atomic mass is 9.68. The van der Waals surface area contributed by atoms with Gasteiger partial charge in [-0.05, 0) is 46.9 Å². The molecular weight excluding hydrogens is 512 g/mol. The van der Waals surface area contributed by atoms with Crippen LogP contribution in [0.1, 0.15) is 43.0 Å². The van der Waals surface area contributed by atoms with Crippen molar-refractivity contribution >= 4 is 17.3 Å². The number of fused-ring (bicyclic) bond motifs is 1. The molecule has 1 N–H and O–H groups in total. The van der Waals surface area contributed by atoms with Crippen molar-refractivity contribution in [3.05, 3.63) is 88.5 Å². The summed E-state index contributed by atoms with van der Waals surface area (Å²) in [4.78, 5) is 18.4. The normalized spacial score (nSPS) is 19.3. The van der Waals surface area contributed by atoms with E-state index in [1.54, 1.807) is 0 Å². The minimum absolute atomic E-state index is 0.137. The first kappa shape index (κ1) is 28.1. The van der Waals surface area contributed by atoms with Gasteiger partial charge in [-0.25, -0.2) is 8.78 Å². The van der Waals surface area contributed by atoms with Crippen molar-refractivity contribution in [1.82, 2.24) is 4.90 Å². The number of halogens is 2. The van der Waals surface area contributed by atoms with Crippen LogP contribution in [0.25, 0.3) is 0 Å². The third-order valence-corrected chi connectivity index (χ3v) is 7.91. The predicted molar refractivity (Wildman–Crippen MR) is 154 cm³/mol. The maximum atomic E-state index is 15.2. The van der Waals surface area contributed by atoms with Crippen LogP contribution >= 0.6 is 0 Å². The van der Waals surface area contributed by atoms with Gasteiger partial charge in [0.25, 0.3) is 0 Å². The van der Waals surface area contributed by atoms with Crippen molar-refractivity contribution < 1.29 is 23.0 Å². The van der Waals surface area contributed by atoms with Gasteiger partial charge >= 0.3 is 0 Å². The first-order valence-electron chi connectivity index (χ1n) is 13.7. The van der Waals surface area contributed by atoms with Gasteiger partial charge in [-0.15, -0.1) is 0 Å². The van der Waals surface area contributed by atoms with E-state index in [9.17, 15) is 9.18 Å². The average Bonchev–Trinajstić information content (AvgIpc) is 3.24. The Labute approximate surface area is 234 Å². The molecule has 0 aliphatic carbocycles. The molecule has 3 aromatic carbocycles. The molecule has 3 aromatic rings. The molecular formula is C32H37F2N3O3. The average molecular weight is 550 g/mol. The number of hydrogen-bond donors (Lipinski definition) is 1. The molecule has 0 spiro atoms. The number of nitrogens with one attached hydrogen (secondary N) is 1. The summed E-state index contributed by atoms with van der Waals surface area (Å²) in [6.07, 6.45) is 0. The summed E-state index contributed by atoms with van der Waals surface area (Å²) in [5.74, 6) is -2.00. The van der Waals surface area contributed by atoms with Crippen LogP contribution in [0.2, 0.25) is 0 Å². The van der Waals surface area contributed by atoms with Gasteiger partial charge in [0.15, 0.2) is 11.6 Å². The van der Waals surface area contributed by atoms with Crippen LogP contribution in [-0.2, 0) is 20.4 Å². The van der Waals surface area contributed by atoms with Gasteiger partial charge < -0.3 is 19.7 Å². The van der Waals surface area contributed by atoms with Crippen LogP contribution in [0.3, 0.4) is 0 Å². The number of carbonyl (C=O) groups excluding carboxylic acids is 1. The van der Waals surface area contributed by atoms with Gasteiger partial charge in [0, 0.05) is 50.5 Å². The Morgan fingerprint density at radius 3 is 2.35 bits per heavy atom. The topological polar surface area (TPSA) is 54.0 Å². The third kappa shape index (κ3) is 4.95. The van der Waals surface area contributed by atoms with E-state index < -0.39 is 23.0 Å². The summed E-state index contributed by atoms with van der Waals surface area (Å²) in [6, 6.07) is 16.1. The molecule has 1 unspecified atom stereocenters. The fraction of sp³-hybridized carbons (Fsp3) is 0.406. The number of benzene rings is 3. The lowest BCUT2D eigenvalue weighted by Crippen LogP contribution is -2.39. The highest BCUT2D eigenvalue weighted by Crippen LogP contribution is 2.52. The molecule has 1 amide bonds. The second kappa shape index (κ2) is 10.8. The van der Waals surface area contributed by atoms with Gasteiger partial charge in [-0.1, -0.05) is 45.0 Å². The lowest BCUT2D eigenvalue weighted by Gasteiger charge is -2.33. The molecule has 212 valence electrons. The summed E-state index contributed by atoms with van der Waals surface area (Å²) in [5, 5.41) is 2.68. The van der Waals surface area contributed by atoms with Crippen molar-refractivity contribution in [3.8, 4) is 5.75 Å². The van der Waals surface area contributed by atoms with Gasteiger partial charge in [0.05, 0.1) is 18.9 Å². The zero-order valence-corrected chi connectivity index (χ0v) is 23.8. The van der Waals surface area contributed by atoms with Crippen molar-refractivity contribution in [2.24, 2.45) is 0 Å². The SMILES string of the molecule is CN(C)c1ccc(C2(c3cc(C(C)(C)C)ccc3OCCN3CCOCC3)C(=O)Nc3c2ccc(F)c3F)cc1. The predicted octanol–water partition coefficient (Wildman–Crippen LogP) is 5.33. The quantitative estimate of drug-likeness (QED) is 0.432. The molecule has 0 saturated carbocycles. The minimum Gasteiger partial charge on any atom is -0.492 e. The number of morpholine rings is 1. The lowest BCUT2D eigenvalue weighted by molar-refractivity contribution is -0.118. The number of nitrogens with zero attached hydrogens (tertiary/aromatic N) is 2. The fourth-order valence-electron chi connectivity index (χ4n) is 5.56. The molecule has 1 atom stereocenters. The smallest absolute Gasteiger partial charge is 0.244 e. The van der Waals surface area contributed by atoms with Gasteiger partial charge in [0.2, 0.25) is 5.91 Å². The highest BCUT2D eigenvalue weighted by molar-refractivity contribution is 6.12. The Bertz CT molecular complexity index is 1400. The van der Waals surface area contributed by atoms with E-state index in [2.05, 4.69) is 31.0 Å². The third-order valence-electron chi connectivity index (χ3n) is 7.91. The Kier molecular flexibility index (Phi) is 7.59. The van der Waals surface area contributed by atoms with Gasteiger partial charge in [0.1, 0.15) is 17.8 Å². The summed E-state index contributed by atoms with van der Waals surface area (Å²) in [6.45, 7) is 10.5. The molecule has 6 nitrogen and oxygen atoms in total. The Morgan fingerprint density at radius 1 is 1.00 bits per heavy atom. The van der Waals surface area contributed by atoms with Crippen LogP contribution < -0.4 is 15.0 Å². The molecule has 2 aliphatic heterocycles. The number of carbonyl (C=O) groups is 1. The van der Waals surface area contributed by atoms with Crippen LogP contribution in [0.5, 0.6) is 5.75 Å². The molecule has 0 bridgehead atoms. The second-order valence-corrected chi connectivity index (χ2v) is 11.7. The van der Waals surface area contributed by atoms with Crippen LogP contribution in [-0.4, -0.2) is 64.4 Å². The molecule has 2 heterocycles. The van der Waals surface area contributed by atoms with E-state index in [0.29, 0.717) is 48.8 Å². The molecule has 1 fully saturated rings. The van der Waals surface area contributed by atoms with Crippen molar-refractivity contribution in [2.75, 3.05) is 63.8 Å². The Balaban J connectivity index is 1.70. The summed E-state index contributed by atoms with van der Waals surface area (Å²) < 4.78 is 41.4. The molecule has 0 aromatic heterocycles. The molecule has 2 aliphatic rings. The molecule has 1 saturated heterocycles. The van der Waals surface area contributed by atoms with E-state index >= 15 is 4.39 Å². The Hall–Kier alpha value is -3.49. The van der Waals surface area contributed by atoms with E-state index in [1.165, 1.54) is 6.07 Å². The largest absolute Gasteiger partial charge is 0.492 e. The minimum atomic E-state index is -1.45. The molecule has 0 radical (unpaired) electrons. The van der Waals surface area contributed by atoms with Crippen LogP contribution in [0.15, 0.2) is 54.6 Å². The number of amides is 1. The first-order valence-corrected chi connectivity index (χ1v) is 13.7. The van der Waals surface area contributed by atoms with E-state index in [0.717, 1.165) is 30.4 Å². The highest BCUT2D eigenvalue weighted by atomic mass is 19.2. The summed E-state index contributed by atoms with van der Waals surface area (Å²) in [7, 11) is 3.88. The number of rotatable bonds is 7. The number of hydrogen-bond acceptors (Lipinski definition) is 5. The summed E-state index contributed by atoms with van der Waals surface area (Å²) >= 11 is 0. The van der Waals surface area contributed by atoms with E-state index in [-0.39, 0.29) is 11.1 Å². The van der Waals surface area contributed by atoms with E-state index in [4.69, 9.17) is 9.47 Å². The number of ether oxygens (including phenoxy) is 2. The van der Waals surface area contributed by atoms with Crippen molar-refractivity contribution in [2.45, 2.75) is 31.6 Å². The van der Waals surface area contributed by atoms with Crippen LogP contribution in [0, 0.1) is 11.6 Å². The maximum absolute atomic E-state index is 15.2. The van der Waals surface area contributed by atoms with Gasteiger partial charge in [-0.2, -0.15) is 0 Å². The standard InChI is InChI=1S/C32H37F2N3O3/c1-31(2,3)22-8-13-27(40-19-16-37-14-17-39-18-15-37)25(20-22)32(21-6-9-23(10-7-21)36(4)5)24-11-12-26(33)28(34)29(24)35-30(32)38/h6-13,20H,14-19H2,1-5H3,(H,35,38). The molecule has 5 rings (SSSR count). The van der Waals surface area contributed by atoms with E-state index in [1.807, 2.05) is 61.5 Å². The van der Waals surface area contributed by atoms with Gasteiger partial charge in [-0.3, -0.25) is 9.69 Å². The second-order valence-electron chi connectivity index (χ2n) is 11.7. The first-order chi connectivity index (χ1) is 19.0. The summed E-state index contributed by atoms with van der Waals surface area (Å²) in [5.41, 5.74) is 1.73. The highest BCUT2D eigenvalue weighted by Gasteiger charge is 2.53. The zero-order chi connectivity index (χ0) is 28.7. The maximum Gasteiger partial charge on any atom is 0.244 e. The van der Waals surface area contributed by atoms with Crippen molar-refractivity contribution in [1.29, 1.82) is 0 Å². The Morgan fingerprint density at radius 2 is 1.70 bits per heavy atom. The molecule has 40 heavy (non-hydrogen) atoms. The monoisotopic (exact) mass is 549 g/mol. The fourth-order valence-corrected chi connectivity index (χ4v) is 5.56. The van der Waals surface area contributed by atoms with Crippen molar-refractivity contribution in [3.63, 3.8) is 0 Å². The zero-order valence-electron chi connectivity index (χ0n) is 23.8. The van der Waals surface area contributed by atoms with Crippen LogP contribution in [0.4, 0.5) is 20.2 Å².